The number of halogens is 1. The Morgan fingerprint density at radius 2 is 1.92 bits per heavy atom. The van der Waals surface area contributed by atoms with Gasteiger partial charge in [0.2, 0.25) is 0 Å². The van der Waals surface area contributed by atoms with Crippen molar-refractivity contribution in [1.82, 2.24) is 5.32 Å². The van der Waals surface area contributed by atoms with E-state index in [1.807, 2.05) is 19.9 Å². The third kappa shape index (κ3) is 4.55. The number of ether oxygens (including phenoxy) is 1. The summed E-state index contributed by atoms with van der Waals surface area (Å²) < 4.78 is 5.56. The lowest BCUT2D eigenvalue weighted by Crippen LogP contribution is -2.31. The number of benzene rings is 2. The first-order valence-corrected chi connectivity index (χ1v) is 9.21. The van der Waals surface area contributed by atoms with Crippen LogP contribution in [0.25, 0.3) is 0 Å². The van der Waals surface area contributed by atoms with E-state index in [0.717, 1.165) is 17.5 Å². The number of carbonyl (C=O) groups excluding carboxylic acids is 1. The Hall–Kier alpha value is -2.00. The van der Waals surface area contributed by atoms with E-state index in [0.29, 0.717) is 10.8 Å². The molecule has 1 unspecified atom stereocenters. The molecular weight excluding hydrogens is 334 g/mol. The van der Waals surface area contributed by atoms with Crippen molar-refractivity contribution < 1.29 is 9.53 Å². The van der Waals surface area contributed by atoms with Crippen molar-refractivity contribution in [3.63, 3.8) is 0 Å². The second-order valence-electron chi connectivity index (χ2n) is 6.72. The van der Waals surface area contributed by atoms with Crippen molar-refractivity contribution in [1.29, 1.82) is 0 Å². The Kier molecular flexibility index (Phi) is 5.64. The Labute approximate surface area is 154 Å². The Morgan fingerprint density at radius 1 is 1.16 bits per heavy atom. The van der Waals surface area contributed by atoms with Crippen molar-refractivity contribution in [2.75, 3.05) is 6.61 Å². The highest BCUT2D eigenvalue weighted by Gasteiger charge is 2.14. The summed E-state index contributed by atoms with van der Waals surface area (Å²) in [5.74, 6) is 0.524. The molecular formula is C21H24ClNO2. The minimum atomic E-state index is -0.127. The lowest BCUT2D eigenvalue weighted by atomic mass is 9.89. The van der Waals surface area contributed by atoms with Gasteiger partial charge in [-0.15, -0.1) is 0 Å². The standard InChI is InChI=1S/C21H24ClNO2/c1-14-11-19(9-10-20(14)22)25-13-21(24)23-15(2)17-8-7-16-5-3-4-6-18(16)12-17/h7-12,15H,3-6,13H2,1-2H3,(H,23,24). The van der Waals surface area contributed by atoms with Crippen LogP contribution in [0.4, 0.5) is 0 Å². The highest BCUT2D eigenvalue weighted by molar-refractivity contribution is 6.31. The van der Waals surface area contributed by atoms with Crippen LogP contribution in [0.3, 0.4) is 0 Å². The molecule has 132 valence electrons. The molecule has 0 saturated heterocycles. The normalized spacial score (nSPS) is 14.5. The Morgan fingerprint density at radius 3 is 2.68 bits per heavy atom. The van der Waals surface area contributed by atoms with Crippen LogP contribution in [0, 0.1) is 6.92 Å². The molecule has 0 spiro atoms. The molecule has 2 aromatic rings. The molecule has 0 aromatic heterocycles. The smallest absolute Gasteiger partial charge is 0.258 e. The molecule has 0 radical (unpaired) electrons. The summed E-state index contributed by atoms with van der Waals surface area (Å²) in [7, 11) is 0. The molecule has 0 saturated carbocycles. The van der Waals surface area contributed by atoms with Crippen LogP contribution in [0.15, 0.2) is 36.4 Å². The molecule has 4 heteroatoms. The highest BCUT2D eigenvalue weighted by atomic mass is 35.5. The quantitative estimate of drug-likeness (QED) is 0.836. The topological polar surface area (TPSA) is 38.3 Å². The highest BCUT2D eigenvalue weighted by Crippen LogP contribution is 2.25. The van der Waals surface area contributed by atoms with E-state index >= 15 is 0 Å². The van der Waals surface area contributed by atoms with E-state index in [1.165, 1.54) is 30.4 Å². The molecule has 3 nitrogen and oxygen atoms in total. The van der Waals surface area contributed by atoms with Gasteiger partial charge in [-0.05, 0) is 80.0 Å². The van der Waals surface area contributed by atoms with Gasteiger partial charge in [-0.2, -0.15) is 0 Å². The first kappa shape index (κ1) is 17.8. The zero-order chi connectivity index (χ0) is 17.8. The van der Waals surface area contributed by atoms with E-state index in [4.69, 9.17) is 16.3 Å². The first-order valence-electron chi connectivity index (χ1n) is 8.83. The van der Waals surface area contributed by atoms with E-state index < -0.39 is 0 Å². The third-order valence-electron chi connectivity index (χ3n) is 4.75. The minimum absolute atomic E-state index is 0.00362. The number of hydrogen-bond donors (Lipinski definition) is 1. The third-order valence-corrected chi connectivity index (χ3v) is 5.17. The van der Waals surface area contributed by atoms with Gasteiger partial charge in [0, 0.05) is 5.02 Å². The van der Waals surface area contributed by atoms with Gasteiger partial charge in [-0.3, -0.25) is 4.79 Å². The Balaban J connectivity index is 1.56. The molecule has 2 aromatic carbocycles. The number of amides is 1. The fourth-order valence-corrected chi connectivity index (χ4v) is 3.36. The number of fused-ring (bicyclic) bond motifs is 1. The van der Waals surface area contributed by atoms with Gasteiger partial charge in [-0.25, -0.2) is 0 Å². The largest absolute Gasteiger partial charge is 0.484 e. The molecule has 0 bridgehead atoms. The van der Waals surface area contributed by atoms with Crippen LogP contribution >= 0.6 is 11.6 Å². The van der Waals surface area contributed by atoms with Crippen LogP contribution in [-0.4, -0.2) is 12.5 Å². The molecule has 1 atom stereocenters. The lowest BCUT2D eigenvalue weighted by Gasteiger charge is -2.20. The fraction of sp³-hybridized carbons (Fsp3) is 0.381. The molecule has 1 N–H and O–H groups in total. The summed E-state index contributed by atoms with van der Waals surface area (Å²) in [6.45, 7) is 3.92. The molecule has 25 heavy (non-hydrogen) atoms. The van der Waals surface area contributed by atoms with E-state index in [1.54, 1.807) is 12.1 Å². The fourth-order valence-electron chi connectivity index (χ4n) is 3.25. The molecule has 0 aliphatic heterocycles. The minimum Gasteiger partial charge on any atom is -0.484 e. The van der Waals surface area contributed by atoms with Crippen LogP contribution in [0.1, 0.15) is 48.1 Å². The summed E-state index contributed by atoms with van der Waals surface area (Å²) in [5.41, 5.74) is 4.96. The van der Waals surface area contributed by atoms with Gasteiger partial charge in [0.25, 0.3) is 5.91 Å². The lowest BCUT2D eigenvalue weighted by molar-refractivity contribution is -0.123. The molecule has 1 aliphatic carbocycles. The average molecular weight is 358 g/mol. The van der Waals surface area contributed by atoms with Crippen LogP contribution in [0.2, 0.25) is 5.02 Å². The second-order valence-corrected chi connectivity index (χ2v) is 7.13. The molecule has 1 aliphatic rings. The predicted molar refractivity (Wildman–Crippen MR) is 101 cm³/mol. The molecule has 3 rings (SSSR count). The maximum atomic E-state index is 12.2. The summed E-state index contributed by atoms with van der Waals surface area (Å²) in [4.78, 5) is 12.2. The zero-order valence-electron chi connectivity index (χ0n) is 14.8. The molecule has 1 amide bonds. The summed E-state index contributed by atoms with van der Waals surface area (Å²) in [6.07, 6.45) is 4.85. The average Bonchev–Trinajstić information content (AvgIpc) is 2.62. The van der Waals surface area contributed by atoms with Gasteiger partial charge in [0.05, 0.1) is 6.04 Å². The van der Waals surface area contributed by atoms with Gasteiger partial charge in [-0.1, -0.05) is 29.8 Å². The van der Waals surface area contributed by atoms with Crippen LogP contribution in [-0.2, 0) is 17.6 Å². The van der Waals surface area contributed by atoms with Gasteiger partial charge < -0.3 is 10.1 Å². The molecule has 0 heterocycles. The Bertz CT molecular complexity index is 772. The van der Waals surface area contributed by atoms with Crippen molar-refractivity contribution in [2.24, 2.45) is 0 Å². The van der Waals surface area contributed by atoms with E-state index in [2.05, 4.69) is 23.5 Å². The van der Waals surface area contributed by atoms with Gasteiger partial charge in [0.1, 0.15) is 5.75 Å². The predicted octanol–water partition coefficient (Wildman–Crippen LogP) is 4.78. The molecule has 0 fully saturated rings. The monoisotopic (exact) mass is 357 g/mol. The summed E-state index contributed by atoms with van der Waals surface area (Å²) in [6, 6.07) is 11.9. The zero-order valence-corrected chi connectivity index (χ0v) is 15.5. The first-order chi connectivity index (χ1) is 12.0. The maximum Gasteiger partial charge on any atom is 0.258 e. The summed E-state index contributed by atoms with van der Waals surface area (Å²) in [5, 5.41) is 3.70. The summed E-state index contributed by atoms with van der Waals surface area (Å²) >= 11 is 6.00. The van der Waals surface area contributed by atoms with Crippen molar-refractivity contribution in [3.8, 4) is 5.75 Å². The van der Waals surface area contributed by atoms with E-state index in [-0.39, 0.29) is 18.6 Å². The second kappa shape index (κ2) is 7.92. The van der Waals surface area contributed by atoms with Crippen LogP contribution < -0.4 is 10.1 Å². The van der Waals surface area contributed by atoms with Gasteiger partial charge in [0.15, 0.2) is 6.61 Å². The van der Waals surface area contributed by atoms with Crippen LogP contribution in [0.5, 0.6) is 5.75 Å². The number of hydrogen-bond acceptors (Lipinski definition) is 2. The van der Waals surface area contributed by atoms with Crippen molar-refractivity contribution in [3.05, 3.63) is 63.7 Å². The number of nitrogens with one attached hydrogen (secondary N) is 1. The SMILES string of the molecule is Cc1cc(OCC(=O)NC(C)c2ccc3c(c2)CCCC3)ccc1Cl. The maximum absolute atomic E-state index is 12.2. The van der Waals surface area contributed by atoms with Gasteiger partial charge >= 0.3 is 0 Å². The van der Waals surface area contributed by atoms with Crippen molar-refractivity contribution >= 4 is 17.5 Å². The van der Waals surface area contributed by atoms with Crippen molar-refractivity contribution in [2.45, 2.75) is 45.6 Å². The van der Waals surface area contributed by atoms with E-state index in [9.17, 15) is 4.79 Å². The number of rotatable bonds is 5. The number of carbonyl (C=O) groups is 1. The number of aryl methyl sites for hydroxylation is 3.